The Morgan fingerprint density at radius 2 is 1.77 bits per heavy atom. The van der Waals surface area contributed by atoms with Crippen molar-refractivity contribution in [3.05, 3.63) is 60.0 Å². The third-order valence-corrected chi connectivity index (χ3v) is 5.63. The highest BCUT2D eigenvalue weighted by atomic mass is 16.6. The SMILES string of the molecule is CCOc1cc(C(=O)OC(C)c2nnc(-c3ccccc3)o2)ccc1OCC(=O)N1CCCCC1. The van der Waals surface area contributed by atoms with E-state index < -0.39 is 12.1 Å². The molecule has 3 aromatic rings. The number of ether oxygens (including phenoxy) is 3. The largest absolute Gasteiger partial charge is 0.490 e. The lowest BCUT2D eigenvalue weighted by Crippen LogP contribution is -2.38. The molecule has 1 aliphatic heterocycles. The molecule has 1 amide bonds. The predicted molar refractivity (Wildman–Crippen MR) is 127 cm³/mol. The fourth-order valence-corrected chi connectivity index (χ4v) is 3.77. The first-order valence-corrected chi connectivity index (χ1v) is 11.8. The van der Waals surface area contributed by atoms with Crippen LogP contribution in [0.4, 0.5) is 0 Å². The highest BCUT2D eigenvalue weighted by molar-refractivity contribution is 5.90. The van der Waals surface area contributed by atoms with Gasteiger partial charge in [-0.2, -0.15) is 0 Å². The quantitative estimate of drug-likeness (QED) is 0.415. The Bertz CT molecular complexity index is 1140. The predicted octanol–water partition coefficient (Wildman–Crippen LogP) is 4.44. The lowest BCUT2D eigenvalue weighted by molar-refractivity contribution is -0.134. The van der Waals surface area contributed by atoms with Gasteiger partial charge in [0.1, 0.15) is 0 Å². The van der Waals surface area contributed by atoms with E-state index in [0.29, 0.717) is 24.0 Å². The number of carbonyl (C=O) groups excluding carboxylic acids is 2. The van der Waals surface area contributed by atoms with E-state index in [-0.39, 0.29) is 24.0 Å². The zero-order valence-corrected chi connectivity index (χ0v) is 19.9. The summed E-state index contributed by atoms with van der Waals surface area (Å²) in [6.07, 6.45) is 2.43. The van der Waals surface area contributed by atoms with Gasteiger partial charge in [0.25, 0.3) is 11.8 Å². The van der Waals surface area contributed by atoms with Gasteiger partial charge in [0.2, 0.25) is 5.89 Å². The topological polar surface area (TPSA) is 104 Å². The number of likely N-dealkylation sites (tertiary alicyclic amines) is 1. The molecule has 1 aliphatic rings. The second kappa shape index (κ2) is 11.5. The van der Waals surface area contributed by atoms with E-state index in [1.54, 1.807) is 25.1 Å². The normalized spacial score (nSPS) is 14.3. The van der Waals surface area contributed by atoms with Crippen molar-refractivity contribution in [1.29, 1.82) is 0 Å². The fraction of sp³-hybridized carbons (Fsp3) is 0.385. The molecule has 0 spiro atoms. The Morgan fingerprint density at radius 1 is 1.00 bits per heavy atom. The van der Waals surface area contributed by atoms with Crippen molar-refractivity contribution in [2.75, 3.05) is 26.3 Å². The van der Waals surface area contributed by atoms with Crippen LogP contribution in [0.2, 0.25) is 0 Å². The molecule has 0 radical (unpaired) electrons. The Morgan fingerprint density at radius 3 is 2.51 bits per heavy atom. The van der Waals surface area contributed by atoms with Gasteiger partial charge in [-0.3, -0.25) is 4.79 Å². The van der Waals surface area contributed by atoms with E-state index in [9.17, 15) is 9.59 Å². The fourth-order valence-electron chi connectivity index (χ4n) is 3.77. The molecule has 4 rings (SSSR count). The van der Waals surface area contributed by atoms with Crippen LogP contribution in [0, 0.1) is 0 Å². The average molecular weight is 480 g/mol. The number of esters is 1. The van der Waals surface area contributed by atoms with Gasteiger partial charge in [0.05, 0.1) is 12.2 Å². The number of hydrogen-bond donors (Lipinski definition) is 0. The number of piperidine rings is 1. The first-order valence-electron chi connectivity index (χ1n) is 11.8. The third-order valence-electron chi connectivity index (χ3n) is 5.63. The number of nitrogens with zero attached hydrogens (tertiary/aromatic N) is 3. The van der Waals surface area contributed by atoms with E-state index in [0.717, 1.165) is 37.9 Å². The van der Waals surface area contributed by atoms with Gasteiger partial charge in [-0.05, 0) is 63.4 Å². The number of aromatic nitrogens is 2. The van der Waals surface area contributed by atoms with E-state index >= 15 is 0 Å². The Kier molecular flexibility index (Phi) is 7.97. The van der Waals surface area contributed by atoms with Gasteiger partial charge < -0.3 is 23.5 Å². The summed E-state index contributed by atoms with van der Waals surface area (Å²) in [7, 11) is 0. The molecule has 2 heterocycles. The smallest absolute Gasteiger partial charge is 0.339 e. The van der Waals surface area contributed by atoms with Crippen molar-refractivity contribution in [3.63, 3.8) is 0 Å². The summed E-state index contributed by atoms with van der Waals surface area (Å²) in [5.41, 5.74) is 1.05. The van der Waals surface area contributed by atoms with E-state index in [1.807, 2.05) is 42.2 Å². The molecule has 0 aliphatic carbocycles. The van der Waals surface area contributed by atoms with Gasteiger partial charge in [-0.1, -0.05) is 18.2 Å². The molecule has 1 aromatic heterocycles. The van der Waals surface area contributed by atoms with Gasteiger partial charge in [-0.15, -0.1) is 10.2 Å². The minimum atomic E-state index is -0.749. The van der Waals surface area contributed by atoms with Crippen LogP contribution in [0.25, 0.3) is 11.5 Å². The Hall–Kier alpha value is -3.88. The molecule has 9 heteroatoms. The molecule has 1 atom stereocenters. The van der Waals surface area contributed by atoms with Gasteiger partial charge in [-0.25, -0.2) is 4.79 Å². The van der Waals surface area contributed by atoms with Crippen LogP contribution in [0.3, 0.4) is 0 Å². The molecule has 2 aromatic carbocycles. The summed E-state index contributed by atoms with van der Waals surface area (Å²) in [6, 6.07) is 14.1. The second-order valence-corrected chi connectivity index (χ2v) is 8.18. The van der Waals surface area contributed by atoms with Crippen LogP contribution in [-0.4, -0.2) is 53.3 Å². The maximum atomic E-state index is 12.8. The summed E-state index contributed by atoms with van der Waals surface area (Å²) in [5.74, 6) is 0.672. The zero-order chi connectivity index (χ0) is 24.6. The summed E-state index contributed by atoms with van der Waals surface area (Å²) in [5, 5.41) is 8.04. The first-order chi connectivity index (χ1) is 17.0. The second-order valence-electron chi connectivity index (χ2n) is 8.18. The molecular formula is C26H29N3O6. The number of amides is 1. The minimum absolute atomic E-state index is 0.0566. The van der Waals surface area contributed by atoms with Crippen molar-refractivity contribution in [2.24, 2.45) is 0 Å². The zero-order valence-electron chi connectivity index (χ0n) is 19.9. The van der Waals surface area contributed by atoms with E-state index in [4.69, 9.17) is 18.6 Å². The van der Waals surface area contributed by atoms with Crippen LogP contribution < -0.4 is 9.47 Å². The van der Waals surface area contributed by atoms with Crippen molar-refractivity contribution in [1.82, 2.24) is 15.1 Å². The lowest BCUT2D eigenvalue weighted by Gasteiger charge is -2.26. The van der Waals surface area contributed by atoms with Crippen molar-refractivity contribution >= 4 is 11.9 Å². The van der Waals surface area contributed by atoms with Crippen LogP contribution >= 0.6 is 0 Å². The number of rotatable bonds is 9. The van der Waals surface area contributed by atoms with Crippen LogP contribution in [0.5, 0.6) is 11.5 Å². The van der Waals surface area contributed by atoms with E-state index in [2.05, 4.69) is 10.2 Å². The first kappa shape index (κ1) is 24.3. The molecule has 35 heavy (non-hydrogen) atoms. The average Bonchev–Trinajstić information content (AvgIpc) is 3.39. The monoisotopic (exact) mass is 479 g/mol. The molecule has 1 fully saturated rings. The van der Waals surface area contributed by atoms with Crippen LogP contribution in [0.1, 0.15) is 55.5 Å². The Labute approximate surface area is 204 Å². The number of carbonyl (C=O) groups is 2. The number of hydrogen-bond acceptors (Lipinski definition) is 8. The molecule has 0 bridgehead atoms. The molecule has 1 unspecified atom stereocenters. The molecule has 0 saturated carbocycles. The van der Waals surface area contributed by atoms with Crippen LogP contribution in [0.15, 0.2) is 52.9 Å². The maximum Gasteiger partial charge on any atom is 0.339 e. The summed E-state index contributed by atoms with van der Waals surface area (Å²) < 4.78 is 22.6. The molecule has 184 valence electrons. The van der Waals surface area contributed by atoms with Crippen molar-refractivity contribution < 1.29 is 28.2 Å². The third kappa shape index (κ3) is 6.17. The van der Waals surface area contributed by atoms with Crippen molar-refractivity contribution in [3.8, 4) is 23.0 Å². The highest BCUT2D eigenvalue weighted by Crippen LogP contribution is 2.30. The molecule has 9 nitrogen and oxygen atoms in total. The number of benzene rings is 2. The highest BCUT2D eigenvalue weighted by Gasteiger charge is 2.22. The standard InChI is InChI=1S/C26H29N3O6/c1-3-32-22-16-20(12-13-21(22)33-17-23(30)29-14-8-5-9-15-29)26(31)34-18(2)24-27-28-25(35-24)19-10-6-4-7-11-19/h4,6-7,10-13,16,18H,3,5,8-9,14-15,17H2,1-2H3. The molecular weight excluding hydrogens is 450 g/mol. The van der Waals surface area contributed by atoms with Crippen LogP contribution in [-0.2, 0) is 9.53 Å². The molecule has 0 N–H and O–H groups in total. The van der Waals surface area contributed by atoms with Crippen molar-refractivity contribution in [2.45, 2.75) is 39.2 Å². The summed E-state index contributed by atoms with van der Waals surface area (Å²) >= 11 is 0. The van der Waals surface area contributed by atoms with Gasteiger partial charge in [0, 0.05) is 18.7 Å². The molecule has 1 saturated heterocycles. The summed E-state index contributed by atoms with van der Waals surface area (Å²) in [6.45, 7) is 5.30. The van der Waals surface area contributed by atoms with Gasteiger partial charge in [0.15, 0.2) is 24.2 Å². The van der Waals surface area contributed by atoms with Gasteiger partial charge >= 0.3 is 5.97 Å². The summed E-state index contributed by atoms with van der Waals surface area (Å²) in [4.78, 5) is 27.0. The minimum Gasteiger partial charge on any atom is -0.490 e. The Balaban J connectivity index is 1.39. The lowest BCUT2D eigenvalue weighted by atomic mass is 10.1. The maximum absolute atomic E-state index is 12.8. The van der Waals surface area contributed by atoms with E-state index in [1.165, 1.54) is 0 Å².